The van der Waals surface area contributed by atoms with Crippen LogP contribution in [-0.2, 0) is 20.8 Å². The van der Waals surface area contributed by atoms with Crippen molar-refractivity contribution >= 4 is 35.2 Å². The van der Waals surface area contributed by atoms with Crippen LogP contribution in [0.1, 0.15) is 44.2 Å². The van der Waals surface area contributed by atoms with E-state index in [-0.39, 0.29) is 43.1 Å². The van der Waals surface area contributed by atoms with E-state index in [1.165, 1.54) is 0 Å². The Balaban J connectivity index is 1.87. The van der Waals surface area contributed by atoms with E-state index in [9.17, 15) is 19.2 Å². The van der Waals surface area contributed by atoms with Crippen LogP contribution >= 0.6 is 0 Å². The van der Waals surface area contributed by atoms with E-state index in [4.69, 9.17) is 5.11 Å². The van der Waals surface area contributed by atoms with Crippen molar-refractivity contribution in [3.05, 3.63) is 59.7 Å². The highest BCUT2D eigenvalue weighted by Gasteiger charge is 2.21. The largest absolute Gasteiger partial charge is 0.481 e. The number of para-hydroxylation sites is 1. The smallest absolute Gasteiger partial charge is 0.323 e. The number of benzene rings is 2. The highest BCUT2D eigenvalue weighted by atomic mass is 16.4. The van der Waals surface area contributed by atoms with E-state index >= 15 is 0 Å². The first-order chi connectivity index (χ1) is 16.6. The molecule has 4 amide bonds. The lowest BCUT2D eigenvalue weighted by molar-refractivity contribution is -0.137. The molecule has 2 rings (SSSR count). The fourth-order valence-corrected chi connectivity index (χ4v) is 3.41. The van der Waals surface area contributed by atoms with Gasteiger partial charge in [0.05, 0.1) is 6.42 Å². The molecule has 9 nitrogen and oxygen atoms in total. The predicted octanol–water partition coefficient (Wildman–Crippen LogP) is 3.69. The highest BCUT2D eigenvalue weighted by Crippen LogP contribution is 2.15. The Labute approximate surface area is 205 Å². The van der Waals surface area contributed by atoms with Gasteiger partial charge in [0.25, 0.3) is 0 Å². The molecule has 2 aromatic rings. The number of aryl methyl sites for hydroxylation is 1. The number of aliphatic carboxylic acids is 1. The Bertz CT molecular complexity index is 1020. The third-order valence-corrected chi connectivity index (χ3v) is 5.20. The molecule has 0 heterocycles. The van der Waals surface area contributed by atoms with Gasteiger partial charge in [-0.3, -0.25) is 14.4 Å². The van der Waals surface area contributed by atoms with Crippen LogP contribution in [0.2, 0.25) is 0 Å². The summed E-state index contributed by atoms with van der Waals surface area (Å²) in [6, 6.07) is 13.3. The summed E-state index contributed by atoms with van der Waals surface area (Å²) in [6.07, 6.45) is 0.846. The molecule has 5 N–H and O–H groups in total. The average molecular weight is 483 g/mol. The van der Waals surface area contributed by atoms with Crippen LogP contribution in [0.4, 0.5) is 16.2 Å². The van der Waals surface area contributed by atoms with Gasteiger partial charge in [-0.15, -0.1) is 0 Å². The molecule has 0 aromatic heterocycles. The average Bonchev–Trinajstić information content (AvgIpc) is 2.78. The minimum Gasteiger partial charge on any atom is -0.481 e. The number of carbonyl (C=O) groups is 4. The molecule has 0 aliphatic rings. The number of amides is 4. The van der Waals surface area contributed by atoms with Crippen LogP contribution in [0.15, 0.2) is 48.5 Å². The summed E-state index contributed by atoms with van der Waals surface area (Å²) in [5.41, 5.74) is 2.99. The first-order valence-electron chi connectivity index (χ1n) is 11.7. The SMILES string of the molecule is Cc1ccccc1NC(=O)Nc1ccc(CC(=O)NC(CC(C)C)C(=O)NCCCC(=O)O)cc1. The van der Waals surface area contributed by atoms with E-state index in [0.717, 1.165) is 16.8 Å². The van der Waals surface area contributed by atoms with Gasteiger partial charge in [-0.2, -0.15) is 0 Å². The standard InChI is InChI=1S/C26H34N4O5/c1-17(2)15-22(25(34)27-14-6-9-24(32)33)29-23(31)16-19-10-12-20(13-11-19)28-26(35)30-21-8-5-4-7-18(21)3/h4-5,7-8,10-13,17,22H,6,9,14-16H2,1-3H3,(H,27,34)(H,29,31)(H,32,33)(H2,28,30,35). The zero-order valence-electron chi connectivity index (χ0n) is 20.4. The molecule has 9 heteroatoms. The fraction of sp³-hybridized carbons (Fsp3) is 0.385. The molecule has 188 valence electrons. The Morgan fingerprint density at radius 2 is 1.63 bits per heavy atom. The number of hydrogen-bond acceptors (Lipinski definition) is 4. The van der Waals surface area contributed by atoms with Gasteiger partial charge in [0.15, 0.2) is 0 Å². The van der Waals surface area contributed by atoms with Crippen molar-refractivity contribution in [1.29, 1.82) is 0 Å². The number of urea groups is 1. The summed E-state index contributed by atoms with van der Waals surface area (Å²) >= 11 is 0. The van der Waals surface area contributed by atoms with Crippen molar-refractivity contribution < 1.29 is 24.3 Å². The number of carboxylic acid groups (broad SMARTS) is 1. The van der Waals surface area contributed by atoms with Crippen LogP contribution in [0, 0.1) is 12.8 Å². The van der Waals surface area contributed by atoms with Crippen molar-refractivity contribution in [3.63, 3.8) is 0 Å². The van der Waals surface area contributed by atoms with Crippen LogP contribution in [-0.4, -0.2) is 41.5 Å². The second-order valence-corrected chi connectivity index (χ2v) is 8.81. The number of hydrogen-bond donors (Lipinski definition) is 5. The summed E-state index contributed by atoms with van der Waals surface area (Å²) in [4.78, 5) is 47.9. The summed E-state index contributed by atoms with van der Waals surface area (Å²) in [7, 11) is 0. The lowest BCUT2D eigenvalue weighted by Crippen LogP contribution is -2.48. The molecule has 1 atom stereocenters. The van der Waals surface area contributed by atoms with Gasteiger partial charge in [0.2, 0.25) is 11.8 Å². The van der Waals surface area contributed by atoms with E-state index in [1.807, 2.05) is 45.0 Å². The first kappa shape index (κ1) is 27.4. The van der Waals surface area contributed by atoms with Crippen molar-refractivity contribution in [2.45, 2.75) is 52.5 Å². The summed E-state index contributed by atoms with van der Waals surface area (Å²) < 4.78 is 0. The molecule has 0 aliphatic heterocycles. The third-order valence-electron chi connectivity index (χ3n) is 5.20. The van der Waals surface area contributed by atoms with Gasteiger partial charge in [-0.1, -0.05) is 44.2 Å². The minimum absolute atomic E-state index is 0.0279. The van der Waals surface area contributed by atoms with Gasteiger partial charge in [-0.05, 0) is 55.0 Å². The monoisotopic (exact) mass is 482 g/mol. The van der Waals surface area contributed by atoms with Crippen molar-refractivity contribution in [2.75, 3.05) is 17.2 Å². The number of carboxylic acids is 1. The van der Waals surface area contributed by atoms with Gasteiger partial charge in [0.1, 0.15) is 6.04 Å². The Morgan fingerprint density at radius 3 is 2.26 bits per heavy atom. The lowest BCUT2D eigenvalue weighted by Gasteiger charge is -2.20. The van der Waals surface area contributed by atoms with Crippen molar-refractivity contribution in [3.8, 4) is 0 Å². The minimum atomic E-state index is -0.917. The molecule has 0 bridgehead atoms. The summed E-state index contributed by atoms with van der Waals surface area (Å²) in [5, 5.41) is 19.7. The lowest BCUT2D eigenvalue weighted by atomic mass is 10.0. The molecular weight excluding hydrogens is 448 g/mol. The first-order valence-corrected chi connectivity index (χ1v) is 11.7. The zero-order chi connectivity index (χ0) is 25.8. The maximum absolute atomic E-state index is 12.6. The van der Waals surface area contributed by atoms with Crippen LogP contribution < -0.4 is 21.3 Å². The van der Waals surface area contributed by atoms with Crippen LogP contribution in [0.25, 0.3) is 0 Å². The predicted molar refractivity (Wildman–Crippen MR) is 135 cm³/mol. The van der Waals surface area contributed by atoms with E-state index < -0.39 is 12.0 Å². The Morgan fingerprint density at radius 1 is 0.943 bits per heavy atom. The molecule has 2 aromatic carbocycles. The molecule has 0 spiro atoms. The zero-order valence-corrected chi connectivity index (χ0v) is 20.4. The highest BCUT2D eigenvalue weighted by molar-refractivity contribution is 6.00. The van der Waals surface area contributed by atoms with Gasteiger partial charge in [-0.25, -0.2) is 4.79 Å². The van der Waals surface area contributed by atoms with Gasteiger partial charge in [0, 0.05) is 24.3 Å². The number of carbonyl (C=O) groups excluding carboxylic acids is 3. The Kier molecular flexibility index (Phi) is 10.7. The second-order valence-electron chi connectivity index (χ2n) is 8.81. The molecular formula is C26H34N4O5. The molecule has 0 saturated heterocycles. The maximum atomic E-state index is 12.6. The van der Waals surface area contributed by atoms with Gasteiger partial charge < -0.3 is 26.4 Å². The van der Waals surface area contributed by atoms with Crippen LogP contribution in [0.3, 0.4) is 0 Å². The maximum Gasteiger partial charge on any atom is 0.323 e. The molecule has 0 radical (unpaired) electrons. The topological polar surface area (TPSA) is 137 Å². The molecule has 0 saturated carbocycles. The molecule has 0 aliphatic carbocycles. The molecule has 0 fully saturated rings. The quantitative estimate of drug-likeness (QED) is 0.294. The number of nitrogens with one attached hydrogen (secondary N) is 4. The van der Waals surface area contributed by atoms with Crippen molar-refractivity contribution in [1.82, 2.24) is 10.6 Å². The normalized spacial score (nSPS) is 11.4. The second kappa shape index (κ2) is 13.7. The van der Waals surface area contributed by atoms with E-state index in [2.05, 4.69) is 21.3 Å². The van der Waals surface area contributed by atoms with E-state index in [0.29, 0.717) is 18.5 Å². The third kappa shape index (κ3) is 10.3. The fourth-order valence-electron chi connectivity index (χ4n) is 3.41. The number of anilines is 2. The Hall–Kier alpha value is -3.88. The van der Waals surface area contributed by atoms with Crippen molar-refractivity contribution in [2.24, 2.45) is 5.92 Å². The number of rotatable bonds is 12. The van der Waals surface area contributed by atoms with Gasteiger partial charge >= 0.3 is 12.0 Å². The summed E-state index contributed by atoms with van der Waals surface area (Å²) in [5.74, 6) is -1.35. The van der Waals surface area contributed by atoms with Crippen LogP contribution in [0.5, 0.6) is 0 Å². The van der Waals surface area contributed by atoms with E-state index in [1.54, 1.807) is 24.3 Å². The molecule has 35 heavy (non-hydrogen) atoms. The summed E-state index contributed by atoms with van der Waals surface area (Å²) in [6.45, 7) is 6.06. The molecule has 1 unspecified atom stereocenters.